The van der Waals surface area contributed by atoms with Crippen LogP contribution in [0.4, 0.5) is 0 Å². The van der Waals surface area contributed by atoms with Crippen molar-refractivity contribution in [3.63, 3.8) is 0 Å². The van der Waals surface area contributed by atoms with E-state index in [1.54, 1.807) is 12.1 Å². The minimum atomic E-state index is -1.20. The second kappa shape index (κ2) is 11.0. The summed E-state index contributed by atoms with van der Waals surface area (Å²) in [5, 5.41) is 10.1. The third-order valence-electron chi connectivity index (χ3n) is 6.13. The molecule has 0 aliphatic carbocycles. The lowest BCUT2D eigenvalue weighted by molar-refractivity contribution is -0.144. The zero-order valence-corrected chi connectivity index (χ0v) is 20.4. The summed E-state index contributed by atoms with van der Waals surface area (Å²) in [7, 11) is 0. The molecule has 0 unspecified atom stereocenters. The number of hydrogen-bond acceptors (Lipinski definition) is 3. The van der Waals surface area contributed by atoms with Gasteiger partial charge in [0.05, 0.1) is 0 Å². The maximum Gasteiger partial charge on any atom is 0.326 e. The normalized spacial score (nSPS) is 12.1. The Balaban J connectivity index is 1.97. The molecule has 0 aliphatic heterocycles. The predicted octanol–water partition coefficient (Wildman–Crippen LogP) is 4.84. The average molecular weight is 473 g/mol. The van der Waals surface area contributed by atoms with Crippen molar-refractivity contribution < 1.29 is 19.5 Å². The van der Waals surface area contributed by atoms with Crippen molar-refractivity contribution in [2.24, 2.45) is 5.73 Å². The molecule has 3 aromatic rings. The Morgan fingerprint density at radius 1 is 0.886 bits per heavy atom. The summed E-state index contributed by atoms with van der Waals surface area (Å²) in [4.78, 5) is 39.0. The Hall–Kier alpha value is -3.93. The molecule has 0 heterocycles. The van der Waals surface area contributed by atoms with Crippen molar-refractivity contribution in [2.75, 3.05) is 0 Å². The summed E-state index contributed by atoms with van der Waals surface area (Å²) in [5.74, 6) is -2.18. The van der Waals surface area contributed by atoms with E-state index < -0.39 is 29.4 Å². The third-order valence-corrected chi connectivity index (χ3v) is 6.13. The number of primary amides is 1. The van der Waals surface area contributed by atoms with E-state index in [2.05, 4.69) is 0 Å². The summed E-state index contributed by atoms with van der Waals surface area (Å²) in [6, 6.07) is 23.7. The SMILES string of the molecule is Cc1ccc(-c2ccc(C(=O)N([C@@H](CCC(N)=O)C(=O)O)C(C)(C)Cc3ccccc3)cc2)cc1. The Morgan fingerprint density at radius 3 is 1.94 bits per heavy atom. The van der Waals surface area contributed by atoms with Gasteiger partial charge in [-0.2, -0.15) is 0 Å². The van der Waals surface area contributed by atoms with Crippen LogP contribution in [0.25, 0.3) is 11.1 Å². The maximum absolute atomic E-state index is 13.8. The highest BCUT2D eigenvalue weighted by atomic mass is 16.4. The number of nitrogens with two attached hydrogens (primary N) is 1. The fourth-order valence-electron chi connectivity index (χ4n) is 4.35. The fourth-order valence-corrected chi connectivity index (χ4v) is 4.35. The minimum Gasteiger partial charge on any atom is -0.480 e. The van der Waals surface area contributed by atoms with E-state index in [1.165, 1.54) is 4.90 Å². The van der Waals surface area contributed by atoms with Gasteiger partial charge in [0.15, 0.2) is 0 Å². The first-order valence-corrected chi connectivity index (χ1v) is 11.6. The van der Waals surface area contributed by atoms with Crippen LogP contribution in [0.3, 0.4) is 0 Å². The van der Waals surface area contributed by atoms with E-state index in [9.17, 15) is 19.5 Å². The van der Waals surface area contributed by atoms with Gasteiger partial charge in [-0.1, -0.05) is 72.3 Å². The van der Waals surface area contributed by atoms with Gasteiger partial charge in [0.1, 0.15) is 6.04 Å². The molecule has 0 aliphatic rings. The van der Waals surface area contributed by atoms with Crippen LogP contribution < -0.4 is 5.73 Å². The van der Waals surface area contributed by atoms with Crippen LogP contribution in [0.2, 0.25) is 0 Å². The van der Waals surface area contributed by atoms with Crippen LogP contribution in [0, 0.1) is 6.92 Å². The molecule has 0 fully saturated rings. The van der Waals surface area contributed by atoms with Gasteiger partial charge < -0.3 is 15.7 Å². The number of carbonyl (C=O) groups excluding carboxylic acids is 2. The van der Waals surface area contributed by atoms with Gasteiger partial charge >= 0.3 is 5.97 Å². The van der Waals surface area contributed by atoms with Gasteiger partial charge in [-0.3, -0.25) is 9.59 Å². The third kappa shape index (κ3) is 6.57. The number of carboxylic acids is 1. The first-order chi connectivity index (χ1) is 16.6. The lowest BCUT2D eigenvalue weighted by Crippen LogP contribution is -2.57. The number of aryl methyl sites for hydroxylation is 1. The lowest BCUT2D eigenvalue weighted by Gasteiger charge is -2.42. The molecule has 0 saturated heterocycles. The Labute approximate surface area is 206 Å². The van der Waals surface area contributed by atoms with E-state index >= 15 is 0 Å². The lowest BCUT2D eigenvalue weighted by atomic mass is 9.89. The molecule has 35 heavy (non-hydrogen) atoms. The fraction of sp³-hybridized carbons (Fsp3) is 0.276. The quantitative estimate of drug-likeness (QED) is 0.441. The summed E-state index contributed by atoms with van der Waals surface area (Å²) < 4.78 is 0. The van der Waals surface area contributed by atoms with Crippen molar-refractivity contribution in [3.05, 3.63) is 95.6 Å². The van der Waals surface area contributed by atoms with Crippen molar-refractivity contribution in [1.29, 1.82) is 0 Å². The molecule has 0 bridgehead atoms. The molecule has 1 atom stereocenters. The van der Waals surface area contributed by atoms with Crippen LogP contribution in [0.1, 0.15) is 48.2 Å². The molecule has 3 N–H and O–H groups in total. The Bertz CT molecular complexity index is 1170. The van der Waals surface area contributed by atoms with Crippen LogP contribution in [0.15, 0.2) is 78.9 Å². The number of amides is 2. The van der Waals surface area contributed by atoms with Gasteiger partial charge in [-0.15, -0.1) is 0 Å². The number of nitrogens with zero attached hydrogens (tertiary/aromatic N) is 1. The molecule has 6 nitrogen and oxygen atoms in total. The largest absolute Gasteiger partial charge is 0.480 e. The number of carboxylic acid groups (broad SMARTS) is 1. The van der Waals surface area contributed by atoms with E-state index in [4.69, 9.17) is 5.73 Å². The van der Waals surface area contributed by atoms with Crippen LogP contribution >= 0.6 is 0 Å². The summed E-state index contributed by atoms with van der Waals surface area (Å²) in [6.07, 6.45) is 0.256. The second-order valence-corrected chi connectivity index (χ2v) is 9.45. The summed E-state index contributed by atoms with van der Waals surface area (Å²) in [6.45, 7) is 5.71. The molecule has 0 spiro atoms. The van der Waals surface area contributed by atoms with E-state index in [-0.39, 0.29) is 12.8 Å². The molecule has 0 aromatic heterocycles. The Morgan fingerprint density at radius 2 is 1.43 bits per heavy atom. The zero-order valence-electron chi connectivity index (χ0n) is 20.4. The van der Waals surface area contributed by atoms with Crippen LogP contribution in [-0.4, -0.2) is 39.4 Å². The van der Waals surface area contributed by atoms with Crippen LogP contribution in [0.5, 0.6) is 0 Å². The van der Waals surface area contributed by atoms with Gasteiger partial charge in [0.2, 0.25) is 5.91 Å². The standard InChI is InChI=1S/C29H32N2O4/c1-20-9-11-22(12-10-20)23-13-15-24(16-14-23)27(33)31(25(28(34)35)17-18-26(30)32)29(2,3)19-21-7-5-4-6-8-21/h4-16,25H,17-19H2,1-3H3,(H2,30,32)(H,34,35)/t25-/m0/s1. The molecule has 2 amide bonds. The van der Waals surface area contributed by atoms with Crippen molar-refractivity contribution in [1.82, 2.24) is 4.90 Å². The minimum absolute atomic E-state index is 0.0594. The van der Waals surface area contributed by atoms with E-state index in [0.29, 0.717) is 12.0 Å². The smallest absolute Gasteiger partial charge is 0.326 e. The Kier molecular flexibility index (Phi) is 8.07. The molecular weight excluding hydrogens is 440 g/mol. The topological polar surface area (TPSA) is 101 Å². The molecule has 0 radical (unpaired) electrons. The number of carbonyl (C=O) groups is 3. The van der Waals surface area contributed by atoms with Gasteiger partial charge in [0, 0.05) is 17.5 Å². The predicted molar refractivity (Wildman–Crippen MR) is 137 cm³/mol. The molecule has 182 valence electrons. The zero-order chi connectivity index (χ0) is 25.6. The van der Waals surface area contributed by atoms with Crippen molar-refractivity contribution in [3.8, 4) is 11.1 Å². The van der Waals surface area contributed by atoms with Gasteiger partial charge in [-0.05, 0) is 62.4 Å². The highest BCUT2D eigenvalue weighted by Crippen LogP contribution is 2.29. The molecule has 0 saturated carbocycles. The summed E-state index contributed by atoms with van der Waals surface area (Å²) >= 11 is 0. The van der Waals surface area contributed by atoms with Crippen LogP contribution in [-0.2, 0) is 16.0 Å². The first-order valence-electron chi connectivity index (χ1n) is 11.6. The molecule has 3 aromatic carbocycles. The summed E-state index contributed by atoms with van der Waals surface area (Å²) in [5.41, 5.74) is 8.96. The second-order valence-electron chi connectivity index (χ2n) is 9.45. The van der Waals surface area contributed by atoms with E-state index in [0.717, 1.165) is 22.3 Å². The monoisotopic (exact) mass is 472 g/mol. The van der Waals surface area contributed by atoms with Crippen molar-refractivity contribution >= 4 is 17.8 Å². The average Bonchev–Trinajstić information content (AvgIpc) is 2.82. The highest BCUT2D eigenvalue weighted by molar-refractivity contribution is 5.97. The molecule has 3 rings (SSSR count). The van der Waals surface area contributed by atoms with Crippen molar-refractivity contribution in [2.45, 2.75) is 51.6 Å². The number of aliphatic carboxylic acids is 1. The number of benzene rings is 3. The molecule has 6 heteroatoms. The number of hydrogen-bond donors (Lipinski definition) is 2. The van der Waals surface area contributed by atoms with E-state index in [1.807, 2.05) is 87.5 Å². The van der Waals surface area contributed by atoms with Gasteiger partial charge in [-0.25, -0.2) is 4.79 Å². The molecular formula is C29H32N2O4. The maximum atomic E-state index is 13.8. The number of rotatable bonds is 10. The van der Waals surface area contributed by atoms with Gasteiger partial charge in [0.25, 0.3) is 5.91 Å². The highest BCUT2D eigenvalue weighted by Gasteiger charge is 2.40. The first kappa shape index (κ1) is 25.7.